The van der Waals surface area contributed by atoms with E-state index in [9.17, 15) is 0 Å². The van der Waals surface area contributed by atoms with Gasteiger partial charge in [0.25, 0.3) is 0 Å². The lowest BCUT2D eigenvalue weighted by molar-refractivity contribution is 0.386. The highest BCUT2D eigenvalue weighted by atomic mass is 35.5. The molecule has 18 heavy (non-hydrogen) atoms. The zero-order valence-corrected chi connectivity index (χ0v) is 11.4. The highest BCUT2D eigenvalue weighted by Gasteiger charge is 2.34. The molecule has 1 unspecified atom stereocenters. The smallest absolute Gasteiger partial charge is 0.180 e. The summed E-state index contributed by atoms with van der Waals surface area (Å²) in [7, 11) is 0. The van der Waals surface area contributed by atoms with Crippen LogP contribution in [0, 0.1) is 0 Å². The number of thiazole rings is 1. The second-order valence-electron chi connectivity index (χ2n) is 4.77. The number of nitrogen functional groups attached to an aromatic ring is 1. The Labute approximate surface area is 115 Å². The number of aromatic nitrogens is 1. The first-order chi connectivity index (χ1) is 8.57. The normalized spacial score (nSPS) is 22.8. The molecule has 2 aromatic rings. The van der Waals surface area contributed by atoms with E-state index in [2.05, 4.69) is 4.98 Å². The topological polar surface area (TPSA) is 64.9 Å². The minimum atomic E-state index is -0.350. The van der Waals surface area contributed by atoms with E-state index in [0.717, 1.165) is 35.5 Å². The molecule has 0 saturated heterocycles. The van der Waals surface area contributed by atoms with Crippen LogP contribution in [0.2, 0.25) is 5.02 Å². The molecular formula is C13H14ClN3S. The summed E-state index contributed by atoms with van der Waals surface area (Å²) in [4.78, 5) is 5.55. The first kappa shape index (κ1) is 12.0. The van der Waals surface area contributed by atoms with Crippen LogP contribution < -0.4 is 11.5 Å². The molecule has 94 valence electrons. The van der Waals surface area contributed by atoms with Gasteiger partial charge >= 0.3 is 0 Å². The fraction of sp³-hybridized carbons (Fsp3) is 0.308. The van der Waals surface area contributed by atoms with Gasteiger partial charge in [0.15, 0.2) is 5.13 Å². The first-order valence-electron chi connectivity index (χ1n) is 5.86. The summed E-state index contributed by atoms with van der Waals surface area (Å²) in [5.41, 5.74) is 14.2. The maximum Gasteiger partial charge on any atom is 0.180 e. The van der Waals surface area contributed by atoms with Crippen molar-refractivity contribution in [2.75, 3.05) is 5.73 Å². The van der Waals surface area contributed by atoms with Crippen molar-refractivity contribution in [3.63, 3.8) is 0 Å². The Hall–Kier alpha value is -1.10. The molecule has 0 saturated carbocycles. The van der Waals surface area contributed by atoms with Crippen LogP contribution in [-0.4, -0.2) is 4.98 Å². The third-order valence-corrected chi connectivity index (χ3v) is 4.64. The molecule has 0 radical (unpaired) electrons. The monoisotopic (exact) mass is 279 g/mol. The van der Waals surface area contributed by atoms with Crippen molar-refractivity contribution in [3.05, 3.63) is 45.4 Å². The zero-order chi connectivity index (χ0) is 12.8. The third-order valence-electron chi connectivity index (χ3n) is 3.48. The van der Waals surface area contributed by atoms with E-state index in [-0.39, 0.29) is 5.54 Å². The Morgan fingerprint density at radius 2 is 2.22 bits per heavy atom. The second-order valence-corrected chi connectivity index (χ2v) is 6.32. The molecule has 5 heteroatoms. The lowest BCUT2D eigenvalue weighted by Gasteiger charge is -2.33. The number of rotatable bonds is 1. The molecule has 0 spiro atoms. The van der Waals surface area contributed by atoms with Crippen molar-refractivity contribution >= 4 is 28.1 Å². The number of anilines is 1. The fourth-order valence-corrected chi connectivity index (χ4v) is 3.69. The minimum Gasteiger partial charge on any atom is -0.375 e. The Bertz CT molecular complexity index is 596. The molecule has 1 aromatic heterocycles. The highest BCUT2D eigenvalue weighted by molar-refractivity contribution is 7.15. The summed E-state index contributed by atoms with van der Waals surface area (Å²) < 4.78 is 0. The van der Waals surface area contributed by atoms with Crippen LogP contribution in [0.25, 0.3) is 0 Å². The van der Waals surface area contributed by atoms with Gasteiger partial charge in [0.1, 0.15) is 0 Å². The number of nitrogens with zero attached hydrogens (tertiary/aromatic N) is 1. The summed E-state index contributed by atoms with van der Waals surface area (Å²) in [5.74, 6) is 0. The van der Waals surface area contributed by atoms with Gasteiger partial charge in [-0.3, -0.25) is 0 Å². The minimum absolute atomic E-state index is 0.350. The van der Waals surface area contributed by atoms with Crippen LogP contribution >= 0.6 is 22.9 Å². The number of aryl methyl sites for hydroxylation is 1. The van der Waals surface area contributed by atoms with Crippen LogP contribution in [0.15, 0.2) is 24.3 Å². The first-order valence-corrected chi connectivity index (χ1v) is 7.05. The predicted octanol–water partition coefficient (Wildman–Crippen LogP) is 2.72. The van der Waals surface area contributed by atoms with Crippen LogP contribution in [0.4, 0.5) is 5.13 Å². The van der Waals surface area contributed by atoms with Crippen molar-refractivity contribution in [2.24, 2.45) is 5.73 Å². The molecule has 0 bridgehead atoms. The molecule has 1 atom stereocenters. The quantitative estimate of drug-likeness (QED) is 0.844. The summed E-state index contributed by atoms with van der Waals surface area (Å²) in [6.07, 6.45) is 2.55. The lowest BCUT2D eigenvalue weighted by atomic mass is 9.79. The molecule has 3 nitrogen and oxygen atoms in total. The molecule has 0 aliphatic heterocycles. The van der Waals surface area contributed by atoms with Gasteiger partial charge in [-0.25, -0.2) is 4.98 Å². The average Bonchev–Trinajstić information content (AvgIpc) is 2.68. The maximum absolute atomic E-state index is 6.55. The van der Waals surface area contributed by atoms with Gasteiger partial charge in [-0.05, 0) is 30.5 Å². The Kier molecular flexibility index (Phi) is 2.81. The molecule has 0 amide bonds. The Morgan fingerprint density at radius 1 is 1.39 bits per heavy atom. The highest BCUT2D eigenvalue weighted by Crippen LogP contribution is 2.38. The van der Waals surface area contributed by atoms with Gasteiger partial charge in [-0.1, -0.05) is 23.7 Å². The van der Waals surface area contributed by atoms with Crippen molar-refractivity contribution in [1.29, 1.82) is 0 Å². The van der Waals surface area contributed by atoms with Crippen LogP contribution in [-0.2, 0) is 18.4 Å². The van der Waals surface area contributed by atoms with E-state index in [1.165, 1.54) is 4.88 Å². The van der Waals surface area contributed by atoms with Gasteiger partial charge in [-0.2, -0.15) is 0 Å². The lowest BCUT2D eigenvalue weighted by Crippen LogP contribution is -2.41. The van der Waals surface area contributed by atoms with Crippen LogP contribution in [0.1, 0.15) is 22.6 Å². The predicted molar refractivity (Wildman–Crippen MR) is 75.9 cm³/mol. The van der Waals surface area contributed by atoms with E-state index in [4.69, 9.17) is 23.1 Å². The van der Waals surface area contributed by atoms with Crippen molar-refractivity contribution in [1.82, 2.24) is 4.98 Å². The van der Waals surface area contributed by atoms with Crippen LogP contribution in [0.3, 0.4) is 0 Å². The summed E-state index contributed by atoms with van der Waals surface area (Å²) in [6.45, 7) is 0. The van der Waals surface area contributed by atoms with Gasteiger partial charge in [0.2, 0.25) is 0 Å². The van der Waals surface area contributed by atoms with E-state index in [1.54, 1.807) is 11.3 Å². The molecule has 3 rings (SSSR count). The molecule has 4 N–H and O–H groups in total. The molecule has 1 heterocycles. The Morgan fingerprint density at radius 3 is 3.00 bits per heavy atom. The number of benzene rings is 1. The van der Waals surface area contributed by atoms with Gasteiger partial charge in [0, 0.05) is 21.9 Å². The van der Waals surface area contributed by atoms with E-state index in [1.807, 2.05) is 24.3 Å². The number of fused-ring (bicyclic) bond motifs is 1. The average molecular weight is 280 g/mol. The van der Waals surface area contributed by atoms with Gasteiger partial charge in [-0.15, -0.1) is 11.3 Å². The summed E-state index contributed by atoms with van der Waals surface area (Å²) in [5, 5.41) is 1.36. The third kappa shape index (κ3) is 2.00. The van der Waals surface area contributed by atoms with E-state index >= 15 is 0 Å². The van der Waals surface area contributed by atoms with Gasteiger partial charge < -0.3 is 11.5 Å². The molecule has 1 aliphatic rings. The number of hydrogen-bond donors (Lipinski definition) is 2. The maximum atomic E-state index is 6.55. The van der Waals surface area contributed by atoms with Crippen molar-refractivity contribution in [2.45, 2.75) is 24.8 Å². The standard InChI is InChI=1S/C13H14ClN3S/c14-9-3-1-2-8(6-9)13(16)5-4-10-11(7-13)18-12(15)17-10/h1-3,6H,4-5,7,16H2,(H2,15,17). The van der Waals surface area contributed by atoms with Crippen LogP contribution in [0.5, 0.6) is 0 Å². The summed E-state index contributed by atoms with van der Waals surface area (Å²) >= 11 is 7.59. The van der Waals surface area contributed by atoms with Crippen molar-refractivity contribution < 1.29 is 0 Å². The second kappa shape index (κ2) is 4.23. The fourth-order valence-electron chi connectivity index (χ4n) is 2.50. The number of halogens is 1. The van der Waals surface area contributed by atoms with E-state index < -0.39 is 0 Å². The summed E-state index contributed by atoms with van der Waals surface area (Å²) in [6, 6.07) is 7.81. The zero-order valence-electron chi connectivity index (χ0n) is 9.82. The SMILES string of the molecule is Nc1nc2c(s1)CC(N)(c1cccc(Cl)c1)CC2. The van der Waals surface area contributed by atoms with Crippen molar-refractivity contribution in [3.8, 4) is 0 Å². The number of nitrogens with two attached hydrogens (primary N) is 2. The molecule has 1 aromatic carbocycles. The number of hydrogen-bond acceptors (Lipinski definition) is 4. The van der Waals surface area contributed by atoms with Gasteiger partial charge in [0.05, 0.1) is 5.69 Å². The van der Waals surface area contributed by atoms with E-state index in [0.29, 0.717) is 5.13 Å². The molecule has 0 fully saturated rings. The molecular weight excluding hydrogens is 266 g/mol. The largest absolute Gasteiger partial charge is 0.375 e. The Balaban J connectivity index is 1.98. The molecule has 1 aliphatic carbocycles.